The first-order chi connectivity index (χ1) is 11.5. The molecular weight excluding hydrogens is 347 g/mol. The molecule has 1 heterocycles. The summed E-state index contributed by atoms with van der Waals surface area (Å²) in [6, 6.07) is 10.9. The Kier molecular flexibility index (Phi) is 3.74. The van der Waals surface area contributed by atoms with Gasteiger partial charge in [0.15, 0.2) is 0 Å². The van der Waals surface area contributed by atoms with Crippen LogP contribution in [0.2, 0.25) is 10.0 Å². The molecule has 1 aliphatic heterocycles. The van der Waals surface area contributed by atoms with Gasteiger partial charge in [0.05, 0.1) is 21.7 Å². The van der Waals surface area contributed by atoms with Gasteiger partial charge in [-0.05, 0) is 35.6 Å². The smallest absolute Gasteiger partial charge is 0.271 e. The average molecular weight is 361 g/mol. The second-order valence-corrected chi connectivity index (χ2v) is 7.02. The molecule has 2 aromatic rings. The maximum Gasteiger partial charge on any atom is 0.271 e. The predicted molar refractivity (Wildman–Crippen MR) is 95.9 cm³/mol. The zero-order chi connectivity index (χ0) is 16.8. The lowest BCUT2D eigenvalue weighted by atomic mass is 9.77. The van der Waals surface area contributed by atoms with Crippen LogP contribution in [0, 0.1) is 16.0 Å². The van der Waals surface area contributed by atoms with Crippen molar-refractivity contribution in [2.45, 2.75) is 18.4 Å². The highest BCUT2D eigenvalue weighted by molar-refractivity contribution is 6.33. The number of hydrogen-bond donors (Lipinski definition) is 1. The fraction of sp³-hybridized carbons (Fsp3) is 0.222. The molecule has 4 nitrogen and oxygen atoms in total. The number of nitrogens with one attached hydrogen (secondary N) is 1. The molecule has 0 radical (unpaired) electrons. The standard InChI is InChI=1S/C18H14Cl2N2O2/c19-11-4-1-3-10(7-11)17-14-6-2-5-13(14)15-8-12(22(23)24)9-16(20)18(15)21-17/h1-5,7-9,13-14,17,21H,6H2/t13-,14+,17+/m1/s1. The number of nitro groups is 1. The Labute approximate surface area is 149 Å². The molecule has 0 unspecified atom stereocenters. The zero-order valence-electron chi connectivity index (χ0n) is 12.6. The van der Waals surface area contributed by atoms with Gasteiger partial charge in [-0.3, -0.25) is 10.1 Å². The number of halogens is 2. The molecule has 0 bridgehead atoms. The van der Waals surface area contributed by atoms with E-state index in [9.17, 15) is 10.1 Å². The number of non-ortho nitro benzene ring substituents is 1. The van der Waals surface area contributed by atoms with E-state index in [-0.39, 0.29) is 23.6 Å². The van der Waals surface area contributed by atoms with E-state index in [1.807, 2.05) is 24.3 Å². The number of hydrogen-bond acceptors (Lipinski definition) is 3. The number of nitro benzene ring substituents is 1. The third-order valence-electron chi connectivity index (χ3n) is 4.82. The summed E-state index contributed by atoms with van der Waals surface area (Å²) in [5.41, 5.74) is 2.80. The summed E-state index contributed by atoms with van der Waals surface area (Å²) >= 11 is 12.5. The number of allylic oxidation sites excluding steroid dienone is 2. The Bertz CT molecular complexity index is 866. The molecule has 0 saturated carbocycles. The molecule has 2 aliphatic rings. The van der Waals surface area contributed by atoms with Crippen molar-refractivity contribution in [1.29, 1.82) is 0 Å². The van der Waals surface area contributed by atoms with Gasteiger partial charge in [0.2, 0.25) is 0 Å². The highest BCUT2D eigenvalue weighted by atomic mass is 35.5. The summed E-state index contributed by atoms with van der Waals surface area (Å²) < 4.78 is 0. The van der Waals surface area contributed by atoms with Crippen LogP contribution in [0.25, 0.3) is 0 Å². The maximum atomic E-state index is 11.1. The average Bonchev–Trinajstić information content (AvgIpc) is 3.04. The summed E-state index contributed by atoms with van der Waals surface area (Å²) in [7, 11) is 0. The van der Waals surface area contributed by atoms with Crippen molar-refractivity contribution in [3.63, 3.8) is 0 Å². The van der Waals surface area contributed by atoms with Crippen LogP contribution in [0.5, 0.6) is 0 Å². The lowest BCUT2D eigenvalue weighted by Crippen LogP contribution is -2.29. The molecule has 122 valence electrons. The second kappa shape index (κ2) is 5.80. The fourth-order valence-corrected chi connectivity index (χ4v) is 4.25. The monoisotopic (exact) mass is 360 g/mol. The highest BCUT2D eigenvalue weighted by Crippen LogP contribution is 2.52. The van der Waals surface area contributed by atoms with Gasteiger partial charge in [0.25, 0.3) is 5.69 Å². The van der Waals surface area contributed by atoms with Crippen LogP contribution < -0.4 is 5.32 Å². The molecule has 4 rings (SSSR count). The van der Waals surface area contributed by atoms with Crippen LogP contribution in [-0.2, 0) is 0 Å². The minimum absolute atomic E-state index is 0.0285. The first kappa shape index (κ1) is 15.5. The normalized spacial score (nSPS) is 24.2. The van der Waals surface area contributed by atoms with Gasteiger partial charge < -0.3 is 5.32 Å². The Morgan fingerprint density at radius 2 is 2.04 bits per heavy atom. The summed E-state index contributed by atoms with van der Waals surface area (Å²) in [5, 5.41) is 15.7. The van der Waals surface area contributed by atoms with Crippen molar-refractivity contribution >= 4 is 34.6 Å². The van der Waals surface area contributed by atoms with E-state index in [0.29, 0.717) is 10.0 Å². The van der Waals surface area contributed by atoms with Gasteiger partial charge in [0.1, 0.15) is 0 Å². The summed E-state index contributed by atoms with van der Waals surface area (Å²) in [4.78, 5) is 10.7. The Morgan fingerprint density at radius 1 is 1.21 bits per heavy atom. The van der Waals surface area contributed by atoms with Crippen LogP contribution in [0.4, 0.5) is 11.4 Å². The van der Waals surface area contributed by atoms with Crippen LogP contribution in [-0.4, -0.2) is 4.92 Å². The second-order valence-electron chi connectivity index (χ2n) is 6.18. The quantitative estimate of drug-likeness (QED) is 0.422. The number of fused-ring (bicyclic) bond motifs is 3. The van der Waals surface area contributed by atoms with E-state index in [4.69, 9.17) is 23.2 Å². The van der Waals surface area contributed by atoms with E-state index in [2.05, 4.69) is 17.5 Å². The number of nitrogens with zero attached hydrogens (tertiary/aromatic N) is 1. The van der Waals surface area contributed by atoms with Crippen molar-refractivity contribution in [3.8, 4) is 0 Å². The highest BCUT2D eigenvalue weighted by Gasteiger charge is 2.39. The Hall–Kier alpha value is -2.04. The van der Waals surface area contributed by atoms with Crippen molar-refractivity contribution in [2.75, 3.05) is 5.32 Å². The number of anilines is 1. The Balaban J connectivity index is 1.83. The van der Waals surface area contributed by atoms with E-state index < -0.39 is 4.92 Å². The molecule has 24 heavy (non-hydrogen) atoms. The van der Waals surface area contributed by atoms with E-state index in [1.54, 1.807) is 6.07 Å². The largest absolute Gasteiger partial charge is 0.376 e. The first-order valence-corrected chi connectivity index (χ1v) is 8.46. The number of benzene rings is 2. The van der Waals surface area contributed by atoms with Crippen LogP contribution in [0.3, 0.4) is 0 Å². The van der Waals surface area contributed by atoms with Gasteiger partial charge in [-0.1, -0.05) is 47.5 Å². The van der Waals surface area contributed by atoms with E-state index >= 15 is 0 Å². The molecule has 0 spiro atoms. The molecule has 2 aromatic carbocycles. The SMILES string of the molecule is O=[N+]([O-])c1cc(Cl)c2c(c1)[C@@H]1C=CC[C@@H]1[C@H](c1cccc(Cl)c1)N2. The third-order valence-corrected chi connectivity index (χ3v) is 5.36. The minimum Gasteiger partial charge on any atom is -0.376 e. The van der Waals surface area contributed by atoms with Crippen molar-refractivity contribution in [2.24, 2.45) is 5.92 Å². The fourth-order valence-electron chi connectivity index (χ4n) is 3.78. The van der Waals surface area contributed by atoms with Crippen LogP contribution in [0.1, 0.15) is 29.5 Å². The van der Waals surface area contributed by atoms with Crippen molar-refractivity contribution < 1.29 is 4.92 Å². The van der Waals surface area contributed by atoms with Gasteiger partial charge in [-0.15, -0.1) is 0 Å². The topological polar surface area (TPSA) is 55.2 Å². The third kappa shape index (κ3) is 2.46. The summed E-state index contributed by atoms with van der Waals surface area (Å²) in [6.45, 7) is 0. The minimum atomic E-state index is -0.400. The van der Waals surface area contributed by atoms with Gasteiger partial charge in [-0.2, -0.15) is 0 Å². The molecule has 0 fully saturated rings. The Morgan fingerprint density at radius 3 is 2.79 bits per heavy atom. The van der Waals surface area contributed by atoms with Crippen LogP contribution >= 0.6 is 23.2 Å². The molecule has 1 aliphatic carbocycles. The maximum absolute atomic E-state index is 11.1. The van der Waals surface area contributed by atoms with Gasteiger partial charge >= 0.3 is 0 Å². The molecule has 0 amide bonds. The van der Waals surface area contributed by atoms with E-state index in [0.717, 1.165) is 23.2 Å². The van der Waals surface area contributed by atoms with E-state index in [1.165, 1.54) is 6.07 Å². The van der Waals surface area contributed by atoms with Crippen molar-refractivity contribution in [3.05, 3.63) is 79.8 Å². The van der Waals surface area contributed by atoms with Gasteiger partial charge in [-0.25, -0.2) is 0 Å². The molecule has 3 atom stereocenters. The first-order valence-electron chi connectivity index (χ1n) is 7.71. The molecule has 1 N–H and O–H groups in total. The summed E-state index contributed by atoms with van der Waals surface area (Å²) in [5.74, 6) is 0.400. The summed E-state index contributed by atoms with van der Waals surface area (Å²) in [6.07, 6.45) is 5.17. The van der Waals surface area contributed by atoms with Crippen LogP contribution in [0.15, 0.2) is 48.6 Å². The lowest BCUT2D eigenvalue weighted by molar-refractivity contribution is -0.384. The lowest BCUT2D eigenvalue weighted by Gasteiger charge is -2.37. The predicted octanol–water partition coefficient (Wildman–Crippen LogP) is 5.73. The molecule has 0 aromatic heterocycles. The molecule has 6 heteroatoms. The number of rotatable bonds is 2. The van der Waals surface area contributed by atoms with Crippen molar-refractivity contribution in [1.82, 2.24) is 0 Å². The molecule has 0 saturated heterocycles. The van der Waals surface area contributed by atoms with Gasteiger partial charge in [0, 0.05) is 23.1 Å². The molecular formula is C18H14Cl2N2O2. The zero-order valence-corrected chi connectivity index (χ0v) is 14.1.